The molecule has 0 radical (unpaired) electrons. The third-order valence-corrected chi connectivity index (χ3v) is 2.63. The Balaban J connectivity index is 2.21. The van der Waals surface area contributed by atoms with Gasteiger partial charge in [0.25, 0.3) is 0 Å². The zero-order chi connectivity index (χ0) is 11.9. The Bertz CT molecular complexity index is 324. The van der Waals surface area contributed by atoms with Crippen molar-refractivity contribution in [2.45, 2.75) is 25.7 Å². The van der Waals surface area contributed by atoms with Crippen LogP contribution in [0.3, 0.4) is 0 Å². The minimum atomic E-state index is -0.389. The molecular formula is C9H11N3O4. The molecule has 7 nitrogen and oxygen atoms in total. The molecular weight excluding hydrogens is 214 g/mol. The van der Waals surface area contributed by atoms with Gasteiger partial charge in [-0.2, -0.15) is 10.0 Å². The second-order valence-electron chi connectivity index (χ2n) is 3.69. The van der Waals surface area contributed by atoms with E-state index in [1.165, 1.54) is 7.05 Å². The van der Waals surface area contributed by atoms with Crippen LogP contribution in [0.1, 0.15) is 25.7 Å². The van der Waals surface area contributed by atoms with Gasteiger partial charge < -0.3 is 0 Å². The fourth-order valence-electron chi connectivity index (χ4n) is 1.86. The summed E-state index contributed by atoms with van der Waals surface area (Å²) in [6, 6.07) is 0. The molecule has 16 heavy (non-hydrogen) atoms. The summed E-state index contributed by atoms with van der Waals surface area (Å²) in [7, 11) is 1.36. The van der Waals surface area contributed by atoms with Crippen molar-refractivity contribution in [3.63, 3.8) is 0 Å². The summed E-state index contributed by atoms with van der Waals surface area (Å²) in [5.41, 5.74) is 0. The van der Waals surface area contributed by atoms with Crippen LogP contribution < -0.4 is 0 Å². The Hall–Kier alpha value is -1.76. The Morgan fingerprint density at radius 1 is 0.750 bits per heavy atom. The van der Waals surface area contributed by atoms with Gasteiger partial charge in [0.1, 0.15) is 0 Å². The van der Waals surface area contributed by atoms with Crippen LogP contribution >= 0.6 is 0 Å². The first-order valence-corrected chi connectivity index (χ1v) is 4.97. The highest BCUT2D eigenvalue weighted by molar-refractivity contribution is 6.04. The Kier molecular flexibility index (Phi) is 2.47. The normalized spacial score (nSPS) is 21.9. The van der Waals surface area contributed by atoms with Gasteiger partial charge in [-0.15, -0.1) is 5.12 Å². The van der Waals surface area contributed by atoms with Crippen LogP contribution in [0.2, 0.25) is 0 Å². The number of carbonyl (C=O) groups excluding carboxylic acids is 4. The van der Waals surface area contributed by atoms with Crippen molar-refractivity contribution < 1.29 is 19.2 Å². The van der Waals surface area contributed by atoms with E-state index in [4.69, 9.17) is 0 Å². The zero-order valence-electron chi connectivity index (χ0n) is 8.80. The van der Waals surface area contributed by atoms with Gasteiger partial charge in [-0.25, -0.2) is 0 Å². The molecule has 86 valence electrons. The number of carbonyl (C=O) groups is 4. The van der Waals surface area contributed by atoms with Crippen molar-refractivity contribution in [1.29, 1.82) is 0 Å². The van der Waals surface area contributed by atoms with Gasteiger partial charge in [-0.1, -0.05) is 0 Å². The van der Waals surface area contributed by atoms with Gasteiger partial charge in [0.05, 0.1) is 0 Å². The molecule has 2 rings (SSSR count). The third-order valence-electron chi connectivity index (χ3n) is 2.63. The monoisotopic (exact) mass is 225 g/mol. The summed E-state index contributed by atoms with van der Waals surface area (Å²) in [6.07, 6.45) is 0.498. The molecule has 2 heterocycles. The van der Waals surface area contributed by atoms with Gasteiger partial charge in [-0.05, 0) is 0 Å². The van der Waals surface area contributed by atoms with E-state index in [1.54, 1.807) is 0 Å². The number of rotatable bonds is 2. The van der Waals surface area contributed by atoms with Gasteiger partial charge in [0.15, 0.2) is 0 Å². The van der Waals surface area contributed by atoms with Crippen LogP contribution in [-0.4, -0.2) is 45.8 Å². The van der Waals surface area contributed by atoms with E-state index in [1.807, 2.05) is 0 Å². The van der Waals surface area contributed by atoms with Crippen LogP contribution in [-0.2, 0) is 19.2 Å². The lowest BCUT2D eigenvalue weighted by Gasteiger charge is -2.31. The summed E-state index contributed by atoms with van der Waals surface area (Å²) in [5, 5.41) is 2.72. The highest BCUT2D eigenvalue weighted by atomic mass is 16.2. The van der Waals surface area contributed by atoms with Crippen molar-refractivity contribution in [2.24, 2.45) is 0 Å². The number of hydrogen-bond acceptors (Lipinski definition) is 5. The summed E-state index contributed by atoms with van der Waals surface area (Å²) < 4.78 is 0. The molecule has 0 atom stereocenters. The van der Waals surface area contributed by atoms with Gasteiger partial charge in [0.2, 0.25) is 23.6 Å². The van der Waals surface area contributed by atoms with E-state index in [2.05, 4.69) is 0 Å². The number of nitrogens with zero attached hydrogens (tertiary/aromatic N) is 3. The number of hydrazine groups is 2. The standard InChI is InChI=1S/C9H11N3O4/c1-10(11-6(13)2-3-7(11)14)12-8(15)4-5-9(12)16/h2-5H2,1H3. The SMILES string of the molecule is CN(N1C(=O)CCC1=O)N1C(=O)CCC1=O. The minimum Gasteiger partial charge on any atom is -0.273 e. The third kappa shape index (κ3) is 1.49. The summed E-state index contributed by atoms with van der Waals surface area (Å²) in [4.78, 5) is 45.6. The van der Waals surface area contributed by atoms with Crippen LogP contribution in [0, 0.1) is 0 Å². The molecule has 4 amide bonds. The predicted octanol–water partition coefficient (Wildman–Crippen LogP) is -0.954. The minimum absolute atomic E-state index is 0.124. The van der Waals surface area contributed by atoms with E-state index >= 15 is 0 Å². The molecule has 2 aliphatic heterocycles. The average molecular weight is 225 g/mol. The van der Waals surface area contributed by atoms with Crippen molar-refractivity contribution in [3.8, 4) is 0 Å². The summed E-state index contributed by atoms with van der Waals surface area (Å²) in [6.45, 7) is 0. The lowest BCUT2D eigenvalue weighted by atomic mass is 10.4. The van der Waals surface area contributed by atoms with E-state index in [9.17, 15) is 19.2 Å². The Labute approximate surface area is 91.5 Å². The second kappa shape index (κ2) is 3.67. The quantitative estimate of drug-likeness (QED) is 0.566. The molecule has 0 saturated carbocycles. The first-order chi connectivity index (χ1) is 7.52. The van der Waals surface area contributed by atoms with E-state index in [0.29, 0.717) is 0 Å². The molecule has 0 bridgehead atoms. The van der Waals surface area contributed by atoms with Gasteiger partial charge in [0, 0.05) is 32.7 Å². The molecule has 2 aliphatic rings. The molecule has 2 fully saturated rings. The van der Waals surface area contributed by atoms with Crippen LogP contribution in [0.15, 0.2) is 0 Å². The first kappa shape index (κ1) is 10.7. The molecule has 2 saturated heterocycles. The molecule has 7 heteroatoms. The topological polar surface area (TPSA) is 78.0 Å². The van der Waals surface area contributed by atoms with E-state index in [0.717, 1.165) is 15.1 Å². The molecule has 0 aromatic carbocycles. The van der Waals surface area contributed by atoms with Crippen LogP contribution in [0.25, 0.3) is 0 Å². The maximum Gasteiger partial charge on any atom is 0.245 e. The average Bonchev–Trinajstić information content (AvgIpc) is 2.71. The van der Waals surface area contributed by atoms with Crippen molar-refractivity contribution in [1.82, 2.24) is 15.1 Å². The Morgan fingerprint density at radius 2 is 1.00 bits per heavy atom. The van der Waals surface area contributed by atoms with E-state index in [-0.39, 0.29) is 49.3 Å². The molecule has 0 aliphatic carbocycles. The van der Waals surface area contributed by atoms with Crippen molar-refractivity contribution >= 4 is 23.6 Å². The smallest absolute Gasteiger partial charge is 0.245 e. The fraction of sp³-hybridized carbons (Fsp3) is 0.556. The van der Waals surface area contributed by atoms with Gasteiger partial charge >= 0.3 is 0 Å². The summed E-state index contributed by atoms with van der Waals surface area (Å²) >= 11 is 0. The summed E-state index contributed by atoms with van der Waals surface area (Å²) in [5.74, 6) is -1.56. The fourth-order valence-corrected chi connectivity index (χ4v) is 1.86. The highest BCUT2D eigenvalue weighted by Gasteiger charge is 2.41. The van der Waals surface area contributed by atoms with Crippen molar-refractivity contribution in [2.75, 3.05) is 7.05 Å². The highest BCUT2D eigenvalue weighted by Crippen LogP contribution is 2.20. The van der Waals surface area contributed by atoms with E-state index < -0.39 is 0 Å². The Morgan fingerprint density at radius 3 is 1.25 bits per heavy atom. The maximum atomic E-state index is 11.4. The lowest BCUT2D eigenvalue weighted by Crippen LogP contribution is -2.55. The number of amides is 4. The molecule has 0 N–H and O–H groups in total. The molecule has 0 aromatic rings. The van der Waals surface area contributed by atoms with Crippen LogP contribution in [0.5, 0.6) is 0 Å². The molecule has 0 aromatic heterocycles. The van der Waals surface area contributed by atoms with Crippen LogP contribution in [0.4, 0.5) is 0 Å². The maximum absolute atomic E-state index is 11.4. The predicted molar refractivity (Wildman–Crippen MR) is 49.9 cm³/mol. The number of imide groups is 2. The second-order valence-corrected chi connectivity index (χ2v) is 3.69. The zero-order valence-corrected chi connectivity index (χ0v) is 8.80. The lowest BCUT2D eigenvalue weighted by molar-refractivity contribution is -0.191. The number of hydrogen-bond donors (Lipinski definition) is 0. The molecule has 0 unspecified atom stereocenters. The first-order valence-electron chi connectivity index (χ1n) is 4.97. The van der Waals surface area contributed by atoms with Gasteiger partial charge in [-0.3, -0.25) is 19.2 Å². The van der Waals surface area contributed by atoms with Crippen molar-refractivity contribution in [3.05, 3.63) is 0 Å². The largest absolute Gasteiger partial charge is 0.273 e. The molecule has 0 spiro atoms.